The fraction of sp³-hybridized carbons (Fsp3) is 0.419. The fourth-order valence-corrected chi connectivity index (χ4v) is 6.70. The number of halogens is 1. The van der Waals surface area contributed by atoms with E-state index in [1.54, 1.807) is 29.3 Å². The summed E-state index contributed by atoms with van der Waals surface area (Å²) in [7, 11) is 0. The third-order valence-electron chi connectivity index (χ3n) is 7.72. The second-order valence-electron chi connectivity index (χ2n) is 10.6. The van der Waals surface area contributed by atoms with Gasteiger partial charge in [-0.25, -0.2) is 9.37 Å². The van der Waals surface area contributed by atoms with Gasteiger partial charge in [-0.2, -0.15) is 0 Å². The van der Waals surface area contributed by atoms with Gasteiger partial charge < -0.3 is 9.80 Å². The van der Waals surface area contributed by atoms with Gasteiger partial charge in [-0.1, -0.05) is 81.2 Å². The van der Waals surface area contributed by atoms with E-state index in [0.717, 1.165) is 24.8 Å². The van der Waals surface area contributed by atoms with Crippen molar-refractivity contribution in [1.82, 2.24) is 14.3 Å². The molecule has 2 fully saturated rings. The summed E-state index contributed by atoms with van der Waals surface area (Å²) in [6, 6.07) is 10.5. The number of unbranched alkanes of at least 4 members (excludes halogenated alkanes) is 5. The first-order valence-electron chi connectivity index (χ1n) is 14.4. The number of nitrogens with zero attached hydrogens (tertiary/aromatic N) is 5. The Hall–Kier alpha value is -3.24. The van der Waals surface area contributed by atoms with Gasteiger partial charge in [0.15, 0.2) is 0 Å². The molecular weight excluding hydrogens is 558 g/mol. The zero-order chi connectivity index (χ0) is 28.9. The largest absolute Gasteiger partial charge is 0.366 e. The van der Waals surface area contributed by atoms with Crippen LogP contribution in [-0.4, -0.2) is 57.2 Å². The molecule has 0 atom stereocenters. The van der Waals surface area contributed by atoms with Crippen LogP contribution in [0.4, 0.5) is 15.9 Å². The molecule has 0 saturated carbocycles. The summed E-state index contributed by atoms with van der Waals surface area (Å²) < 4.78 is 16.5. The smallest absolute Gasteiger partial charge is 0.267 e. The predicted molar refractivity (Wildman–Crippen MR) is 170 cm³/mol. The highest BCUT2D eigenvalue weighted by Crippen LogP contribution is 2.34. The topological polar surface area (TPSA) is 61.2 Å². The van der Waals surface area contributed by atoms with E-state index < -0.39 is 0 Å². The van der Waals surface area contributed by atoms with Gasteiger partial charge in [0.1, 0.15) is 21.6 Å². The molecule has 216 valence electrons. The van der Waals surface area contributed by atoms with E-state index in [9.17, 15) is 14.0 Å². The van der Waals surface area contributed by atoms with Crippen molar-refractivity contribution in [3.8, 4) is 0 Å². The Balaban J connectivity index is 1.42. The molecule has 3 aromatic rings. The average molecular weight is 594 g/mol. The SMILES string of the molecule is CCCCCCCCN1C(=O)C(=Cc2c(N3CCN(c4ccccc4F)CC3)nc3c(C)cccn3c2=O)SC1=S. The molecule has 0 spiro atoms. The van der Waals surface area contributed by atoms with E-state index >= 15 is 0 Å². The highest BCUT2D eigenvalue weighted by Gasteiger charge is 2.33. The lowest BCUT2D eigenvalue weighted by Crippen LogP contribution is -2.47. The number of hydrogen-bond acceptors (Lipinski definition) is 7. The Kier molecular flexibility index (Phi) is 9.39. The van der Waals surface area contributed by atoms with Crippen LogP contribution in [0.3, 0.4) is 0 Å². The van der Waals surface area contributed by atoms with E-state index in [4.69, 9.17) is 17.2 Å². The van der Waals surface area contributed by atoms with Crippen LogP contribution in [0, 0.1) is 12.7 Å². The van der Waals surface area contributed by atoms with Gasteiger partial charge in [0.25, 0.3) is 11.5 Å². The van der Waals surface area contributed by atoms with E-state index in [1.807, 2.05) is 30.0 Å². The summed E-state index contributed by atoms with van der Waals surface area (Å²) >= 11 is 6.81. The molecule has 0 radical (unpaired) electrons. The Morgan fingerprint density at radius 1 is 0.976 bits per heavy atom. The predicted octanol–water partition coefficient (Wildman–Crippen LogP) is 6.03. The van der Waals surface area contributed by atoms with Gasteiger partial charge in [-0.05, 0) is 43.2 Å². The molecule has 7 nitrogen and oxygen atoms in total. The second-order valence-corrected chi connectivity index (χ2v) is 12.2. The molecule has 41 heavy (non-hydrogen) atoms. The van der Waals surface area contributed by atoms with Crippen molar-refractivity contribution in [2.24, 2.45) is 0 Å². The molecule has 0 bridgehead atoms. The summed E-state index contributed by atoms with van der Waals surface area (Å²) in [6.07, 6.45) is 10.2. The highest BCUT2D eigenvalue weighted by atomic mass is 32.2. The maximum atomic E-state index is 14.4. The van der Waals surface area contributed by atoms with Crippen molar-refractivity contribution in [3.05, 3.63) is 74.8 Å². The monoisotopic (exact) mass is 593 g/mol. The zero-order valence-corrected chi connectivity index (χ0v) is 25.3. The molecule has 5 rings (SSSR count). The lowest BCUT2D eigenvalue weighted by molar-refractivity contribution is -0.122. The van der Waals surface area contributed by atoms with Crippen LogP contribution in [0.5, 0.6) is 0 Å². The molecule has 2 aliphatic rings. The minimum absolute atomic E-state index is 0.155. The van der Waals surface area contributed by atoms with Gasteiger partial charge in [0, 0.05) is 38.9 Å². The van der Waals surface area contributed by atoms with E-state index in [-0.39, 0.29) is 17.3 Å². The molecule has 0 aliphatic carbocycles. The van der Waals surface area contributed by atoms with Gasteiger partial charge >= 0.3 is 0 Å². The van der Waals surface area contributed by atoms with Crippen molar-refractivity contribution in [2.45, 2.75) is 52.4 Å². The average Bonchev–Trinajstić information content (AvgIpc) is 3.24. The molecule has 10 heteroatoms. The quantitative estimate of drug-likeness (QED) is 0.162. The van der Waals surface area contributed by atoms with Crippen LogP contribution in [0.1, 0.15) is 56.6 Å². The molecule has 1 amide bonds. The molecular formula is C31H36FN5O2S2. The summed E-state index contributed by atoms with van der Waals surface area (Å²) in [6.45, 7) is 6.99. The number of benzene rings is 1. The summed E-state index contributed by atoms with van der Waals surface area (Å²) in [5.74, 6) is 0.138. The highest BCUT2D eigenvalue weighted by molar-refractivity contribution is 8.26. The number of anilines is 2. The zero-order valence-electron chi connectivity index (χ0n) is 23.6. The van der Waals surface area contributed by atoms with Gasteiger partial charge in [0.2, 0.25) is 0 Å². The van der Waals surface area contributed by atoms with E-state index in [2.05, 4.69) is 11.8 Å². The molecule has 2 aliphatic heterocycles. The minimum Gasteiger partial charge on any atom is -0.366 e. The lowest BCUT2D eigenvalue weighted by atomic mass is 10.1. The van der Waals surface area contributed by atoms with Crippen LogP contribution in [0.25, 0.3) is 11.7 Å². The number of aromatic nitrogens is 2. The lowest BCUT2D eigenvalue weighted by Gasteiger charge is -2.37. The number of thiocarbonyl (C=S) groups is 1. The Labute approximate surface area is 250 Å². The third kappa shape index (κ3) is 6.33. The van der Waals surface area contributed by atoms with Crippen LogP contribution in [0.15, 0.2) is 52.3 Å². The molecule has 1 aromatic carbocycles. The number of rotatable bonds is 10. The number of aryl methyl sites for hydroxylation is 1. The van der Waals surface area contributed by atoms with E-state index in [0.29, 0.717) is 64.7 Å². The first-order chi connectivity index (χ1) is 19.9. The maximum absolute atomic E-state index is 14.4. The number of hydrogen-bond donors (Lipinski definition) is 0. The summed E-state index contributed by atoms with van der Waals surface area (Å²) in [5, 5.41) is 0. The summed E-state index contributed by atoms with van der Waals surface area (Å²) in [5.41, 5.74) is 2.17. The van der Waals surface area contributed by atoms with Gasteiger partial charge in [0.05, 0.1) is 16.2 Å². The molecule has 0 N–H and O–H groups in total. The summed E-state index contributed by atoms with van der Waals surface area (Å²) in [4.78, 5) is 38.4. The molecule has 2 aromatic heterocycles. The minimum atomic E-state index is -0.248. The number of thioether (sulfide) groups is 1. The van der Waals surface area contributed by atoms with E-state index in [1.165, 1.54) is 41.5 Å². The molecule has 4 heterocycles. The molecule has 0 unspecified atom stereocenters. The number of carbonyl (C=O) groups is 1. The van der Waals surface area contributed by atoms with Crippen molar-refractivity contribution in [1.29, 1.82) is 0 Å². The first-order valence-corrected chi connectivity index (χ1v) is 15.6. The number of fused-ring (bicyclic) bond motifs is 1. The van der Waals surface area contributed by atoms with Crippen LogP contribution in [0.2, 0.25) is 0 Å². The fourth-order valence-electron chi connectivity index (χ4n) is 5.41. The van der Waals surface area contributed by atoms with Crippen LogP contribution < -0.4 is 15.4 Å². The van der Waals surface area contributed by atoms with Crippen LogP contribution in [-0.2, 0) is 4.79 Å². The van der Waals surface area contributed by atoms with Crippen molar-refractivity contribution < 1.29 is 9.18 Å². The molecule has 2 saturated heterocycles. The number of pyridine rings is 1. The maximum Gasteiger partial charge on any atom is 0.267 e. The van der Waals surface area contributed by atoms with Crippen molar-refractivity contribution in [3.63, 3.8) is 0 Å². The Morgan fingerprint density at radius 2 is 1.68 bits per heavy atom. The van der Waals surface area contributed by atoms with Crippen LogP contribution >= 0.6 is 24.0 Å². The van der Waals surface area contributed by atoms with Gasteiger partial charge in [-0.15, -0.1) is 0 Å². The Morgan fingerprint density at radius 3 is 2.44 bits per heavy atom. The Bertz CT molecular complexity index is 1530. The normalized spacial score (nSPS) is 17.0. The third-order valence-corrected chi connectivity index (χ3v) is 9.10. The van der Waals surface area contributed by atoms with Crippen molar-refractivity contribution >= 4 is 57.4 Å². The number of carbonyl (C=O) groups excluding carboxylic acids is 1. The van der Waals surface area contributed by atoms with Crippen molar-refractivity contribution in [2.75, 3.05) is 42.5 Å². The first kappa shape index (κ1) is 29.3. The number of amides is 1. The van der Waals surface area contributed by atoms with Gasteiger partial charge in [-0.3, -0.25) is 18.9 Å². The number of para-hydroxylation sites is 1. The standard InChI is InChI=1S/C31H36FN5O2S2/c1-3-4-5-6-7-10-15-37-30(39)26(41-31(37)40)21-23-28(33-27-22(2)12-11-16-36(27)29(23)38)35-19-17-34(18-20-35)25-14-9-8-13-24(25)32/h8-9,11-14,16,21H,3-7,10,15,17-20H2,1-2H3. The second kappa shape index (κ2) is 13.2. The number of piperazine rings is 1.